The second kappa shape index (κ2) is 4.81. The molecule has 0 aromatic heterocycles. The van der Waals surface area contributed by atoms with Crippen molar-refractivity contribution in [3.8, 4) is 0 Å². The van der Waals surface area contributed by atoms with Crippen LogP contribution in [0.15, 0.2) is 12.2 Å². The van der Waals surface area contributed by atoms with Gasteiger partial charge in [0.25, 0.3) is 0 Å². The number of hydrogen-bond acceptors (Lipinski definition) is 3. The Morgan fingerprint density at radius 1 is 1.47 bits per heavy atom. The number of hydrogen-bond donors (Lipinski definition) is 1. The molecular weight excluding hydrogens is 216 g/mol. The second-order valence-electron chi connectivity index (χ2n) is 5.72. The number of rotatable bonds is 5. The SMILES string of the molecule is CCOC(=O)CC(C)(O)CC1CC2C=CC1C2. The third-order valence-electron chi connectivity index (χ3n) is 3.95. The van der Waals surface area contributed by atoms with Crippen LogP contribution in [0.3, 0.4) is 0 Å². The molecule has 2 aliphatic rings. The summed E-state index contributed by atoms with van der Waals surface area (Å²) < 4.78 is 4.89. The smallest absolute Gasteiger partial charge is 0.308 e. The first kappa shape index (κ1) is 12.6. The molecule has 0 aromatic carbocycles. The number of allylic oxidation sites excluding steroid dienone is 2. The molecule has 96 valence electrons. The molecule has 0 amide bonds. The highest BCUT2D eigenvalue weighted by molar-refractivity contribution is 5.70. The summed E-state index contributed by atoms with van der Waals surface area (Å²) in [5.74, 6) is 1.57. The molecule has 17 heavy (non-hydrogen) atoms. The molecule has 0 aliphatic heterocycles. The lowest BCUT2D eigenvalue weighted by atomic mass is 9.82. The minimum Gasteiger partial charge on any atom is -0.466 e. The van der Waals surface area contributed by atoms with Crippen LogP contribution in [0, 0.1) is 17.8 Å². The summed E-state index contributed by atoms with van der Waals surface area (Å²) in [6.45, 7) is 3.92. The second-order valence-corrected chi connectivity index (χ2v) is 5.72. The van der Waals surface area contributed by atoms with E-state index in [9.17, 15) is 9.90 Å². The van der Waals surface area contributed by atoms with Crippen LogP contribution >= 0.6 is 0 Å². The number of carbonyl (C=O) groups is 1. The van der Waals surface area contributed by atoms with E-state index in [-0.39, 0.29) is 12.4 Å². The number of esters is 1. The van der Waals surface area contributed by atoms with Gasteiger partial charge in [-0.2, -0.15) is 0 Å². The van der Waals surface area contributed by atoms with E-state index in [4.69, 9.17) is 4.74 Å². The monoisotopic (exact) mass is 238 g/mol. The summed E-state index contributed by atoms with van der Waals surface area (Å²) in [5.41, 5.74) is -0.921. The maximum absolute atomic E-state index is 11.4. The molecule has 4 unspecified atom stereocenters. The predicted octanol–water partition coefficient (Wildman–Crippen LogP) is 2.29. The van der Waals surface area contributed by atoms with Crippen LogP contribution in [0.1, 0.15) is 39.5 Å². The normalized spacial score (nSPS) is 33.7. The largest absolute Gasteiger partial charge is 0.466 e. The van der Waals surface area contributed by atoms with Crippen LogP contribution < -0.4 is 0 Å². The predicted molar refractivity (Wildman–Crippen MR) is 65.3 cm³/mol. The molecule has 0 saturated heterocycles. The van der Waals surface area contributed by atoms with Gasteiger partial charge in [0.15, 0.2) is 0 Å². The first-order chi connectivity index (χ1) is 8.00. The highest BCUT2D eigenvalue weighted by Gasteiger charge is 2.39. The van der Waals surface area contributed by atoms with Crippen molar-refractivity contribution in [2.75, 3.05) is 6.61 Å². The highest BCUT2D eigenvalue weighted by Crippen LogP contribution is 2.46. The van der Waals surface area contributed by atoms with Gasteiger partial charge in [-0.05, 0) is 50.9 Å². The van der Waals surface area contributed by atoms with Gasteiger partial charge >= 0.3 is 5.97 Å². The molecule has 1 N–H and O–H groups in total. The van der Waals surface area contributed by atoms with E-state index in [1.807, 2.05) is 0 Å². The number of ether oxygens (including phenoxy) is 1. The molecular formula is C14H22O3. The van der Waals surface area contributed by atoms with Gasteiger partial charge in [0, 0.05) is 0 Å². The number of fused-ring (bicyclic) bond motifs is 2. The average molecular weight is 238 g/mol. The van der Waals surface area contributed by atoms with Crippen LogP contribution in [0.2, 0.25) is 0 Å². The zero-order valence-electron chi connectivity index (χ0n) is 10.7. The van der Waals surface area contributed by atoms with Crippen molar-refractivity contribution in [1.82, 2.24) is 0 Å². The molecule has 2 aliphatic carbocycles. The quantitative estimate of drug-likeness (QED) is 0.590. The fourth-order valence-corrected chi connectivity index (χ4v) is 3.29. The molecule has 0 aromatic rings. The molecule has 2 rings (SSSR count). The zero-order chi connectivity index (χ0) is 12.5. The molecule has 4 atom stereocenters. The third-order valence-corrected chi connectivity index (χ3v) is 3.95. The van der Waals surface area contributed by atoms with Crippen LogP contribution in [0.4, 0.5) is 0 Å². The molecule has 2 bridgehead atoms. The van der Waals surface area contributed by atoms with Gasteiger partial charge < -0.3 is 9.84 Å². The van der Waals surface area contributed by atoms with E-state index in [1.165, 1.54) is 12.8 Å². The summed E-state index contributed by atoms with van der Waals surface area (Å²) in [7, 11) is 0. The summed E-state index contributed by atoms with van der Waals surface area (Å²) >= 11 is 0. The van der Waals surface area contributed by atoms with Crippen molar-refractivity contribution in [2.24, 2.45) is 17.8 Å². The van der Waals surface area contributed by atoms with Gasteiger partial charge in [0.05, 0.1) is 18.6 Å². The lowest BCUT2D eigenvalue weighted by molar-refractivity contribution is -0.148. The van der Waals surface area contributed by atoms with E-state index in [0.717, 1.165) is 0 Å². The van der Waals surface area contributed by atoms with E-state index < -0.39 is 5.60 Å². The molecule has 0 radical (unpaired) electrons. The topological polar surface area (TPSA) is 46.5 Å². The van der Waals surface area contributed by atoms with Crippen molar-refractivity contribution in [3.63, 3.8) is 0 Å². The Labute approximate surface area is 103 Å². The Hall–Kier alpha value is -0.830. The lowest BCUT2D eigenvalue weighted by Gasteiger charge is -2.28. The molecule has 3 nitrogen and oxygen atoms in total. The first-order valence-corrected chi connectivity index (χ1v) is 6.56. The summed E-state index contributed by atoms with van der Waals surface area (Å²) in [6.07, 6.45) is 7.79. The Bertz CT molecular complexity index is 319. The van der Waals surface area contributed by atoms with E-state index in [2.05, 4.69) is 12.2 Å². The third kappa shape index (κ3) is 3.09. The molecule has 0 spiro atoms. The van der Waals surface area contributed by atoms with E-state index >= 15 is 0 Å². The van der Waals surface area contributed by atoms with Crippen molar-refractivity contribution >= 4 is 5.97 Å². The van der Waals surface area contributed by atoms with Gasteiger partial charge in [-0.1, -0.05) is 12.2 Å². The Kier molecular flexibility index (Phi) is 3.57. The summed E-state index contributed by atoms with van der Waals surface area (Å²) in [6, 6.07) is 0. The van der Waals surface area contributed by atoms with Crippen molar-refractivity contribution in [3.05, 3.63) is 12.2 Å². The molecule has 1 saturated carbocycles. The van der Waals surface area contributed by atoms with Crippen molar-refractivity contribution in [2.45, 2.75) is 45.1 Å². The maximum Gasteiger partial charge on any atom is 0.308 e. The maximum atomic E-state index is 11.4. The number of carbonyl (C=O) groups excluding carboxylic acids is 1. The zero-order valence-corrected chi connectivity index (χ0v) is 10.7. The summed E-state index contributed by atoms with van der Waals surface area (Å²) in [4.78, 5) is 11.4. The minimum atomic E-state index is -0.921. The van der Waals surface area contributed by atoms with Gasteiger partial charge in [-0.15, -0.1) is 0 Å². The van der Waals surface area contributed by atoms with Crippen LogP contribution in [-0.4, -0.2) is 23.3 Å². The van der Waals surface area contributed by atoms with Gasteiger partial charge in [-0.25, -0.2) is 0 Å². The van der Waals surface area contributed by atoms with Crippen LogP contribution in [-0.2, 0) is 9.53 Å². The fraction of sp³-hybridized carbons (Fsp3) is 0.786. The van der Waals surface area contributed by atoms with Crippen molar-refractivity contribution in [1.29, 1.82) is 0 Å². The molecule has 3 heteroatoms. The van der Waals surface area contributed by atoms with Crippen LogP contribution in [0.5, 0.6) is 0 Å². The van der Waals surface area contributed by atoms with Crippen molar-refractivity contribution < 1.29 is 14.6 Å². The summed E-state index contributed by atoms with van der Waals surface area (Å²) in [5, 5.41) is 10.3. The Morgan fingerprint density at radius 2 is 2.24 bits per heavy atom. The minimum absolute atomic E-state index is 0.110. The lowest BCUT2D eigenvalue weighted by Crippen LogP contribution is -2.32. The van der Waals surface area contributed by atoms with E-state index in [1.54, 1.807) is 13.8 Å². The molecule has 0 heterocycles. The average Bonchev–Trinajstić information content (AvgIpc) is 2.77. The fourth-order valence-electron chi connectivity index (χ4n) is 3.29. The molecule has 1 fully saturated rings. The first-order valence-electron chi connectivity index (χ1n) is 6.56. The Balaban J connectivity index is 1.84. The highest BCUT2D eigenvalue weighted by atomic mass is 16.5. The Morgan fingerprint density at radius 3 is 2.76 bits per heavy atom. The van der Waals surface area contributed by atoms with Gasteiger partial charge in [0.1, 0.15) is 0 Å². The number of aliphatic hydroxyl groups is 1. The van der Waals surface area contributed by atoms with Crippen LogP contribution in [0.25, 0.3) is 0 Å². The van der Waals surface area contributed by atoms with Gasteiger partial charge in [-0.3, -0.25) is 4.79 Å². The van der Waals surface area contributed by atoms with E-state index in [0.29, 0.717) is 30.8 Å². The van der Waals surface area contributed by atoms with Gasteiger partial charge in [0.2, 0.25) is 0 Å². The standard InChI is InChI=1S/C14H22O3/c1-3-17-13(15)9-14(2,16)8-12-7-10-4-5-11(12)6-10/h4-5,10-12,16H,3,6-9H2,1-2H3.